The van der Waals surface area contributed by atoms with E-state index in [1.54, 1.807) is 0 Å². The van der Waals surface area contributed by atoms with Crippen LogP contribution in [-0.2, 0) is 4.74 Å². The van der Waals surface area contributed by atoms with Gasteiger partial charge in [-0.3, -0.25) is 0 Å². The first-order valence-electron chi connectivity index (χ1n) is 7.11. The Hall–Kier alpha value is -0.530. The second kappa shape index (κ2) is 6.42. The second-order valence-electron chi connectivity index (χ2n) is 6.60. The van der Waals surface area contributed by atoms with Gasteiger partial charge >= 0.3 is 0 Å². The highest BCUT2D eigenvalue weighted by Crippen LogP contribution is 2.27. The molecule has 2 heteroatoms. The van der Waals surface area contributed by atoms with Crippen LogP contribution in [0, 0.1) is 17.8 Å². The molecule has 0 bridgehead atoms. The van der Waals surface area contributed by atoms with Crippen LogP contribution in [0.4, 0.5) is 0 Å². The van der Waals surface area contributed by atoms with Gasteiger partial charge in [0.05, 0.1) is 6.04 Å². The van der Waals surface area contributed by atoms with Gasteiger partial charge in [-0.05, 0) is 30.6 Å². The summed E-state index contributed by atoms with van der Waals surface area (Å²) in [6.07, 6.45) is 3.59. The number of nitrogens with zero attached hydrogens (tertiary/aromatic N) is 1. The van der Waals surface area contributed by atoms with E-state index in [9.17, 15) is 0 Å². The number of ether oxygens (including phenoxy) is 1. The zero-order valence-corrected chi connectivity index (χ0v) is 12.4. The Morgan fingerprint density at radius 1 is 0.941 bits per heavy atom. The summed E-state index contributed by atoms with van der Waals surface area (Å²) in [5, 5.41) is 0. The fraction of sp³-hybridized carbons (Fsp3) is 0.933. The van der Waals surface area contributed by atoms with Gasteiger partial charge in [-0.2, -0.15) is 0 Å². The van der Waals surface area contributed by atoms with Gasteiger partial charge in [-0.1, -0.05) is 41.5 Å². The number of hydrogen-bond acceptors (Lipinski definition) is 2. The molecule has 0 spiro atoms. The highest BCUT2D eigenvalue weighted by Gasteiger charge is 2.31. The van der Waals surface area contributed by atoms with Crippen molar-refractivity contribution < 1.29 is 4.74 Å². The monoisotopic (exact) mass is 239 g/mol. The molecule has 1 aliphatic rings. The fourth-order valence-corrected chi connectivity index (χ4v) is 2.36. The molecule has 0 fully saturated rings. The molecule has 1 aliphatic heterocycles. The third-order valence-electron chi connectivity index (χ3n) is 3.03. The molecule has 0 radical (unpaired) electrons. The van der Waals surface area contributed by atoms with Crippen LogP contribution in [0.15, 0.2) is 4.99 Å². The van der Waals surface area contributed by atoms with E-state index in [1.165, 1.54) is 0 Å². The molecule has 0 amide bonds. The van der Waals surface area contributed by atoms with Gasteiger partial charge in [0.15, 0.2) is 5.90 Å². The van der Waals surface area contributed by atoms with Crippen LogP contribution in [-0.4, -0.2) is 18.0 Å². The van der Waals surface area contributed by atoms with Crippen molar-refractivity contribution in [3.8, 4) is 0 Å². The lowest BCUT2D eigenvalue weighted by atomic mass is 9.94. The molecular weight excluding hydrogens is 210 g/mol. The molecule has 0 aromatic heterocycles. The van der Waals surface area contributed by atoms with Gasteiger partial charge in [0, 0.05) is 6.42 Å². The molecule has 0 N–H and O–H groups in total. The molecule has 1 rings (SSSR count). The molecule has 1 heterocycles. The highest BCUT2D eigenvalue weighted by atomic mass is 16.5. The van der Waals surface area contributed by atoms with Crippen LogP contribution in [0.5, 0.6) is 0 Å². The first-order valence-corrected chi connectivity index (χ1v) is 7.11. The summed E-state index contributed by atoms with van der Waals surface area (Å²) in [4.78, 5) is 4.80. The third-order valence-corrected chi connectivity index (χ3v) is 3.03. The zero-order valence-electron chi connectivity index (χ0n) is 12.4. The Kier molecular flexibility index (Phi) is 5.48. The highest BCUT2D eigenvalue weighted by molar-refractivity contribution is 5.78. The Morgan fingerprint density at radius 3 is 2.00 bits per heavy atom. The van der Waals surface area contributed by atoms with E-state index in [-0.39, 0.29) is 0 Å². The van der Waals surface area contributed by atoms with E-state index in [0.717, 1.165) is 25.2 Å². The van der Waals surface area contributed by atoms with Crippen LogP contribution in [0.1, 0.15) is 60.8 Å². The molecule has 100 valence electrons. The second-order valence-corrected chi connectivity index (χ2v) is 6.60. The quantitative estimate of drug-likeness (QED) is 0.677. The van der Waals surface area contributed by atoms with Gasteiger partial charge in [0.2, 0.25) is 0 Å². The van der Waals surface area contributed by atoms with E-state index in [4.69, 9.17) is 9.73 Å². The molecule has 0 aromatic carbocycles. The summed E-state index contributed by atoms with van der Waals surface area (Å²) >= 11 is 0. The molecule has 17 heavy (non-hydrogen) atoms. The average Bonchev–Trinajstić information content (AvgIpc) is 2.44. The third kappa shape index (κ3) is 5.10. The summed E-state index contributed by atoms with van der Waals surface area (Å²) in [5.41, 5.74) is 0. The lowest BCUT2D eigenvalue weighted by molar-refractivity contribution is 0.150. The van der Waals surface area contributed by atoms with Crippen molar-refractivity contribution >= 4 is 5.90 Å². The predicted octanol–water partition coefficient (Wildman–Crippen LogP) is 4.29. The van der Waals surface area contributed by atoms with Gasteiger partial charge in [0.25, 0.3) is 0 Å². The Balaban J connectivity index is 2.60. The maximum absolute atomic E-state index is 6.05. The smallest absolute Gasteiger partial charge is 0.184 e. The van der Waals surface area contributed by atoms with E-state index in [1.807, 2.05) is 0 Å². The summed E-state index contributed by atoms with van der Waals surface area (Å²) < 4.78 is 6.05. The molecule has 0 saturated heterocycles. The molecule has 2 unspecified atom stereocenters. The molecule has 2 nitrogen and oxygen atoms in total. The predicted molar refractivity (Wildman–Crippen MR) is 74.5 cm³/mol. The maximum atomic E-state index is 6.05. The number of hydrogen-bond donors (Lipinski definition) is 0. The lowest BCUT2D eigenvalue weighted by Gasteiger charge is -2.20. The topological polar surface area (TPSA) is 21.6 Å². The van der Waals surface area contributed by atoms with E-state index >= 15 is 0 Å². The van der Waals surface area contributed by atoms with Gasteiger partial charge in [0.1, 0.15) is 6.10 Å². The van der Waals surface area contributed by atoms with Crippen molar-refractivity contribution in [2.45, 2.75) is 73.0 Å². The molecule has 0 aliphatic carbocycles. The normalized spacial score (nSPS) is 24.6. The van der Waals surface area contributed by atoms with Crippen molar-refractivity contribution in [2.75, 3.05) is 0 Å². The van der Waals surface area contributed by atoms with Crippen molar-refractivity contribution in [3.63, 3.8) is 0 Å². The summed E-state index contributed by atoms with van der Waals surface area (Å²) in [7, 11) is 0. The summed E-state index contributed by atoms with van der Waals surface area (Å²) in [6.45, 7) is 13.5. The molecule has 2 atom stereocenters. The average molecular weight is 239 g/mol. The van der Waals surface area contributed by atoms with Crippen molar-refractivity contribution in [2.24, 2.45) is 22.7 Å². The Labute approximate surface area is 107 Å². The minimum atomic E-state index is 0.325. The number of rotatable bonds is 6. The van der Waals surface area contributed by atoms with Gasteiger partial charge in [-0.25, -0.2) is 4.99 Å². The molecule has 0 saturated carbocycles. The van der Waals surface area contributed by atoms with Gasteiger partial charge in [-0.15, -0.1) is 0 Å². The minimum absolute atomic E-state index is 0.325. The summed E-state index contributed by atoms with van der Waals surface area (Å²) in [6, 6.07) is 0.395. The summed E-state index contributed by atoms with van der Waals surface area (Å²) in [5.74, 6) is 3.01. The van der Waals surface area contributed by atoms with Crippen LogP contribution in [0.3, 0.4) is 0 Å². The fourth-order valence-electron chi connectivity index (χ4n) is 2.36. The Morgan fingerprint density at radius 2 is 1.53 bits per heavy atom. The maximum Gasteiger partial charge on any atom is 0.184 e. The van der Waals surface area contributed by atoms with E-state index < -0.39 is 0 Å². The minimum Gasteiger partial charge on any atom is -0.475 e. The molecular formula is C15H29NO. The van der Waals surface area contributed by atoms with Crippen molar-refractivity contribution in [1.29, 1.82) is 0 Å². The largest absolute Gasteiger partial charge is 0.475 e. The van der Waals surface area contributed by atoms with Crippen LogP contribution in [0.2, 0.25) is 0 Å². The van der Waals surface area contributed by atoms with E-state index in [2.05, 4.69) is 41.5 Å². The SMILES string of the molecule is CC(C)CC1=NC(CC(C)C)C(CC(C)C)O1. The first-order chi connectivity index (χ1) is 7.88. The molecule has 0 aromatic rings. The van der Waals surface area contributed by atoms with Crippen LogP contribution < -0.4 is 0 Å². The number of aliphatic imine (C=N–C) groups is 1. The van der Waals surface area contributed by atoms with Crippen LogP contribution >= 0.6 is 0 Å². The zero-order chi connectivity index (χ0) is 13.0. The first kappa shape index (κ1) is 14.5. The van der Waals surface area contributed by atoms with E-state index in [0.29, 0.717) is 29.9 Å². The van der Waals surface area contributed by atoms with Gasteiger partial charge < -0.3 is 4.74 Å². The van der Waals surface area contributed by atoms with Crippen molar-refractivity contribution in [3.05, 3.63) is 0 Å². The lowest BCUT2D eigenvalue weighted by Crippen LogP contribution is -2.25. The van der Waals surface area contributed by atoms with Crippen molar-refractivity contribution in [1.82, 2.24) is 0 Å². The Bertz CT molecular complexity index is 256. The van der Waals surface area contributed by atoms with Crippen LogP contribution in [0.25, 0.3) is 0 Å². The standard InChI is InChI=1S/C15H29NO/c1-10(2)7-13-14(8-11(3)4)17-15(16-13)9-12(5)6/h10-14H,7-9H2,1-6H3.